The standard InChI is InChI=1S/C10H5F5N2O2/c11-9(12)8-5(3-16)4(2-7(18)19)1-6(17-8)10(13,14)15/h1,9H,2H2,(H,18,19). The van der Waals surface area contributed by atoms with Gasteiger partial charge in [0.25, 0.3) is 6.43 Å². The Bertz CT molecular complexity index is 548. The third-order valence-corrected chi connectivity index (χ3v) is 2.08. The number of aliphatic carboxylic acids is 1. The highest BCUT2D eigenvalue weighted by atomic mass is 19.4. The fraction of sp³-hybridized carbons (Fsp3) is 0.300. The SMILES string of the molecule is N#Cc1c(CC(=O)O)cc(C(F)(F)F)nc1C(F)F. The van der Waals surface area contributed by atoms with Crippen molar-refractivity contribution in [2.24, 2.45) is 0 Å². The molecule has 1 aromatic rings. The quantitative estimate of drug-likeness (QED) is 0.863. The Morgan fingerprint density at radius 3 is 2.42 bits per heavy atom. The smallest absolute Gasteiger partial charge is 0.433 e. The molecule has 0 saturated heterocycles. The number of nitriles is 1. The average molecular weight is 280 g/mol. The summed E-state index contributed by atoms with van der Waals surface area (Å²) in [6, 6.07) is 1.55. The van der Waals surface area contributed by atoms with Gasteiger partial charge in [0.1, 0.15) is 17.5 Å². The Kier molecular flexibility index (Phi) is 4.04. The molecule has 1 aromatic heterocycles. The van der Waals surface area contributed by atoms with Crippen LogP contribution in [-0.2, 0) is 17.4 Å². The second-order valence-corrected chi connectivity index (χ2v) is 3.41. The molecule has 0 radical (unpaired) electrons. The van der Waals surface area contributed by atoms with Gasteiger partial charge in [-0.3, -0.25) is 4.79 Å². The predicted octanol–water partition coefficient (Wildman–Crippen LogP) is 2.54. The van der Waals surface area contributed by atoms with Gasteiger partial charge in [0.05, 0.1) is 12.0 Å². The van der Waals surface area contributed by atoms with Gasteiger partial charge in [-0.15, -0.1) is 0 Å². The van der Waals surface area contributed by atoms with Crippen LogP contribution in [0.1, 0.15) is 28.9 Å². The van der Waals surface area contributed by atoms with Crippen LogP contribution in [0, 0.1) is 11.3 Å². The van der Waals surface area contributed by atoms with Crippen molar-refractivity contribution in [1.82, 2.24) is 4.98 Å². The largest absolute Gasteiger partial charge is 0.481 e. The van der Waals surface area contributed by atoms with Gasteiger partial charge in [-0.05, 0) is 11.6 Å². The van der Waals surface area contributed by atoms with E-state index in [1.54, 1.807) is 0 Å². The fourth-order valence-corrected chi connectivity index (χ4v) is 1.35. The molecule has 0 amide bonds. The highest BCUT2D eigenvalue weighted by Gasteiger charge is 2.35. The number of carbonyl (C=O) groups is 1. The maximum atomic E-state index is 12.6. The molecule has 0 aliphatic heterocycles. The lowest BCUT2D eigenvalue weighted by molar-refractivity contribution is -0.142. The first-order valence-electron chi connectivity index (χ1n) is 4.68. The summed E-state index contributed by atoms with van der Waals surface area (Å²) in [7, 11) is 0. The van der Waals surface area contributed by atoms with Gasteiger partial charge in [0, 0.05) is 0 Å². The van der Waals surface area contributed by atoms with Crippen LogP contribution in [0.2, 0.25) is 0 Å². The number of aromatic nitrogens is 1. The van der Waals surface area contributed by atoms with E-state index in [4.69, 9.17) is 10.4 Å². The lowest BCUT2D eigenvalue weighted by Gasteiger charge is -2.12. The maximum absolute atomic E-state index is 12.6. The van der Waals surface area contributed by atoms with Gasteiger partial charge >= 0.3 is 12.1 Å². The highest BCUT2D eigenvalue weighted by molar-refractivity contribution is 5.71. The van der Waals surface area contributed by atoms with Gasteiger partial charge in [-0.2, -0.15) is 18.4 Å². The van der Waals surface area contributed by atoms with Crippen molar-refractivity contribution in [3.05, 3.63) is 28.6 Å². The van der Waals surface area contributed by atoms with Crippen LogP contribution in [0.4, 0.5) is 22.0 Å². The van der Waals surface area contributed by atoms with Crippen molar-refractivity contribution in [3.63, 3.8) is 0 Å². The van der Waals surface area contributed by atoms with E-state index in [0.29, 0.717) is 6.07 Å². The molecule has 1 N–H and O–H groups in total. The van der Waals surface area contributed by atoms with E-state index >= 15 is 0 Å². The van der Waals surface area contributed by atoms with Crippen LogP contribution < -0.4 is 0 Å². The van der Waals surface area contributed by atoms with Crippen LogP contribution >= 0.6 is 0 Å². The minimum Gasteiger partial charge on any atom is -0.481 e. The van der Waals surface area contributed by atoms with Crippen molar-refractivity contribution in [2.45, 2.75) is 19.0 Å². The van der Waals surface area contributed by atoms with E-state index < -0.39 is 47.5 Å². The molecular weight excluding hydrogens is 275 g/mol. The monoisotopic (exact) mass is 280 g/mol. The number of carboxylic acids is 1. The van der Waals surface area contributed by atoms with Crippen molar-refractivity contribution in [2.75, 3.05) is 0 Å². The van der Waals surface area contributed by atoms with Gasteiger partial charge < -0.3 is 5.11 Å². The molecule has 0 bridgehead atoms. The number of pyridine rings is 1. The van der Waals surface area contributed by atoms with Gasteiger partial charge in [-0.1, -0.05) is 0 Å². The third kappa shape index (κ3) is 3.37. The molecule has 0 fully saturated rings. The number of hydrogen-bond donors (Lipinski definition) is 1. The molecule has 0 spiro atoms. The Morgan fingerprint density at radius 1 is 1.47 bits per heavy atom. The number of hydrogen-bond acceptors (Lipinski definition) is 3. The van der Waals surface area contributed by atoms with Gasteiger partial charge in [-0.25, -0.2) is 13.8 Å². The van der Waals surface area contributed by atoms with Crippen LogP contribution in [0.3, 0.4) is 0 Å². The normalized spacial score (nSPS) is 11.4. The first kappa shape index (κ1) is 14.8. The number of carboxylic acid groups (broad SMARTS) is 1. The zero-order chi connectivity index (χ0) is 14.8. The van der Waals surface area contributed by atoms with E-state index in [1.807, 2.05) is 0 Å². The van der Waals surface area contributed by atoms with E-state index in [1.165, 1.54) is 6.07 Å². The summed E-state index contributed by atoms with van der Waals surface area (Å²) in [5.74, 6) is -1.55. The summed E-state index contributed by atoms with van der Waals surface area (Å²) in [5, 5.41) is 17.2. The minimum atomic E-state index is -5.01. The molecule has 0 aliphatic carbocycles. The van der Waals surface area contributed by atoms with E-state index in [9.17, 15) is 26.7 Å². The van der Waals surface area contributed by atoms with Crippen molar-refractivity contribution < 1.29 is 31.9 Å². The van der Waals surface area contributed by atoms with Crippen molar-refractivity contribution in [1.29, 1.82) is 5.26 Å². The zero-order valence-electron chi connectivity index (χ0n) is 9.00. The molecule has 1 heterocycles. The topological polar surface area (TPSA) is 74.0 Å². The summed E-state index contributed by atoms with van der Waals surface area (Å²) in [6.07, 6.45) is -9.40. The summed E-state index contributed by atoms with van der Waals surface area (Å²) in [6.45, 7) is 0. The second-order valence-electron chi connectivity index (χ2n) is 3.41. The lowest BCUT2D eigenvalue weighted by Crippen LogP contribution is -2.14. The molecule has 0 atom stereocenters. The summed E-state index contributed by atoms with van der Waals surface area (Å²) in [5.41, 5.74) is -4.51. The Hall–Kier alpha value is -2.24. The van der Waals surface area contributed by atoms with Crippen LogP contribution in [0.15, 0.2) is 6.07 Å². The molecule has 9 heteroatoms. The first-order valence-corrected chi connectivity index (χ1v) is 4.68. The van der Waals surface area contributed by atoms with Crippen LogP contribution in [-0.4, -0.2) is 16.1 Å². The number of nitrogens with zero attached hydrogens (tertiary/aromatic N) is 2. The maximum Gasteiger partial charge on any atom is 0.433 e. The minimum absolute atomic E-state index is 0.290. The molecule has 0 saturated carbocycles. The number of rotatable bonds is 3. The van der Waals surface area contributed by atoms with Gasteiger partial charge in [0.15, 0.2) is 0 Å². The van der Waals surface area contributed by atoms with E-state index in [0.717, 1.165) is 0 Å². The van der Waals surface area contributed by atoms with E-state index in [2.05, 4.69) is 4.98 Å². The average Bonchev–Trinajstić information content (AvgIpc) is 2.25. The first-order chi connectivity index (χ1) is 8.66. The molecule has 1 rings (SSSR count). The Balaban J connectivity index is 3.55. The summed E-state index contributed by atoms with van der Waals surface area (Å²) in [4.78, 5) is 13.2. The molecule has 0 aromatic carbocycles. The number of alkyl halides is 5. The third-order valence-electron chi connectivity index (χ3n) is 2.08. The fourth-order valence-electron chi connectivity index (χ4n) is 1.35. The molecule has 19 heavy (non-hydrogen) atoms. The Labute approximate surface area is 103 Å². The summed E-state index contributed by atoms with van der Waals surface area (Å²) < 4.78 is 62.5. The van der Waals surface area contributed by atoms with Crippen LogP contribution in [0.25, 0.3) is 0 Å². The molecule has 4 nitrogen and oxygen atoms in total. The van der Waals surface area contributed by atoms with Crippen molar-refractivity contribution >= 4 is 5.97 Å². The Morgan fingerprint density at radius 2 is 2.05 bits per heavy atom. The molecular formula is C10H5F5N2O2. The molecule has 0 aliphatic rings. The molecule has 0 unspecified atom stereocenters. The second kappa shape index (κ2) is 5.17. The predicted molar refractivity (Wildman–Crippen MR) is 50.3 cm³/mol. The van der Waals surface area contributed by atoms with Gasteiger partial charge in [0.2, 0.25) is 0 Å². The lowest BCUT2D eigenvalue weighted by atomic mass is 10.0. The summed E-state index contributed by atoms with van der Waals surface area (Å²) >= 11 is 0. The van der Waals surface area contributed by atoms with Crippen LogP contribution in [0.5, 0.6) is 0 Å². The number of halogens is 5. The molecule has 102 valence electrons. The highest BCUT2D eigenvalue weighted by Crippen LogP contribution is 2.32. The van der Waals surface area contributed by atoms with Crippen molar-refractivity contribution in [3.8, 4) is 6.07 Å². The van der Waals surface area contributed by atoms with E-state index in [-0.39, 0.29) is 0 Å². The zero-order valence-corrected chi connectivity index (χ0v) is 9.00.